The fraction of sp³-hybridized carbons (Fsp3) is 0.571. The van der Waals surface area contributed by atoms with Gasteiger partial charge >= 0.3 is 0 Å². The predicted octanol–water partition coefficient (Wildman–Crippen LogP) is 2.10. The van der Waals surface area contributed by atoms with Crippen molar-refractivity contribution in [2.45, 2.75) is 25.8 Å². The molecule has 1 fully saturated rings. The molecule has 1 saturated heterocycles. The summed E-state index contributed by atoms with van der Waals surface area (Å²) in [5.74, 6) is 0. The van der Waals surface area contributed by atoms with Gasteiger partial charge in [0.2, 0.25) is 0 Å². The van der Waals surface area contributed by atoms with E-state index in [4.69, 9.17) is 5.73 Å². The lowest BCUT2D eigenvalue weighted by Gasteiger charge is -2.37. The number of nitrogens with two attached hydrogens (primary N) is 1. The van der Waals surface area contributed by atoms with Gasteiger partial charge in [-0.2, -0.15) is 0 Å². The second-order valence-electron chi connectivity index (χ2n) is 5.28. The molecule has 1 heterocycles. The molecule has 1 aliphatic rings. The van der Waals surface area contributed by atoms with Gasteiger partial charge in [-0.1, -0.05) is 6.92 Å². The number of likely N-dealkylation sites (tertiary alicyclic amines) is 1. The third-order valence-electron chi connectivity index (χ3n) is 4.15. The van der Waals surface area contributed by atoms with Crippen molar-refractivity contribution in [1.29, 1.82) is 0 Å². The molecule has 0 unspecified atom stereocenters. The van der Waals surface area contributed by atoms with E-state index in [0.717, 1.165) is 38.2 Å². The number of benzene rings is 1. The molecule has 0 amide bonds. The molecule has 0 bridgehead atoms. The topological polar surface area (TPSA) is 75.6 Å². The van der Waals surface area contributed by atoms with E-state index in [1.54, 1.807) is 6.07 Å². The third kappa shape index (κ3) is 3.01. The Bertz CT molecular complexity index is 484. The first-order chi connectivity index (χ1) is 9.52. The highest BCUT2D eigenvalue weighted by Gasteiger charge is 2.23. The first kappa shape index (κ1) is 14.6. The summed E-state index contributed by atoms with van der Waals surface area (Å²) in [6, 6.07) is 5.15. The molecule has 6 heteroatoms. The smallest absolute Gasteiger partial charge is 0.271 e. The number of hydrogen-bond donors (Lipinski definition) is 1. The van der Waals surface area contributed by atoms with Crippen molar-refractivity contribution in [2.24, 2.45) is 0 Å². The highest BCUT2D eigenvalue weighted by molar-refractivity contribution is 5.70. The van der Waals surface area contributed by atoms with Crippen LogP contribution in [0.5, 0.6) is 0 Å². The number of piperidine rings is 1. The highest BCUT2D eigenvalue weighted by atomic mass is 16.6. The molecule has 0 aliphatic carbocycles. The molecule has 1 aliphatic heterocycles. The van der Waals surface area contributed by atoms with Gasteiger partial charge in [0.05, 0.1) is 16.3 Å². The van der Waals surface area contributed by atoms with E-state index in [1.807, 2.05) is 7.05 Å². The lowest BCUT2D eigenvalue weighted by molar-refractivity contribution is -0.384. The fourth-order valence-electron chi connectivity index (χ4n) is 2.80. The molecule has 1 aromatic carbocycles. The van der Waals surface area contributed by atoms with Crippen LogP contribution in [0.2, 0.25) is 0 Å². The number of rotatable bonds is 4. The third-order valence-corrected chi connectivity index (χ3v) is 4.15. The van der Waals surface area contributed by atoms with Crippen LogP contribution in [0, 0.1) is 10.1 Å². The quantitative estimate of drug-likeness (QED) is 0.518. The summed E-state index contributed by atoms with van der Waals surface area (Å²) >= 11 is 0. The summed E-state index contributed by atoms with van der Waals surface area (Å²) in [6.45, 7) is 5.46. The molecule has 0 atom stereocenters. The Labute approximate surface area is 119 Å². The molecule has 0 spiro atoms. The zero-order valence-corrected chi connectivity index (χ0v) is 12.1. The Kier molecular flexibility index (Phi) is 4.44. The summed E-state index contributed by atoms with van der Waals surface area (Å²) in [6.07, 6.45) is 2.20. The number of nitrogen functional groups attached to an aromatic ring is 1. The van der Waals surface area contributed by atoms with Gasteiger partial charge in [0.1, 0.15) is 0 Å². The van der Waals surface area contributed by atoms with Gasteiger partial charge in [-0.15, -0.1) is 0 Å². The summed E-state index contributed by atoms with van der Waals surface area (Å²) in [5.41, 5.74) is 7.36. The van der Waals surface area contributed by atoms with Crippen LogP contribution >= 0.6 is 0 Å². The van der Waals surface area contributed by atoms with Gasteiger partial charge in [0.15, 0.2) is 0 Å². The average molecular weight is 278 g/mol. The molecule has 2 rings (SSSR count). The Morgan fingerprint density at radius 1 is 1.45 bits per heavy atom. The normalized spacial score (nSPS) is 17.1. The SMILES string of the molecule is CCN1CCC(N(C)c2ccc([N+](=O)[O-])cc2N)CC1. The van der Waals surface area contributed by atoms with E-state index in [-0.39, 0.29) is 5.69 Å². The predicted molar refractivity (Wildman–Crippen MR) is 81.0 cm³/mol. The number of nitro groups is 1. The molecule has 0 radical (unpaired) electrons. The number of nitro benzene ring substituents is 1. The maximum atomic E-state index is 10.7. The average Bonchev–Trinajstić information content (AvgIpc) is 2.46. The molecule has 20 heavy (non-hydrogen) atoms. The first-order valence-corrected chi connectivity index (χ1v) is 7.02. The molecular formula is C14H22N4O2. The van der Waals surface area contributed by atoms with Crippen LogP contribution in [0.1, 0.15) is 19.8 Å². The molecule has 1 aromatic rings. The van der Waals surface area contributed by atoms with Gasteiger partial charge in [-0.25, -0.2) is 0 Å². The number of non-ortho nitro benzene ring substituents is 1. The van der Waals surface area contributed by atoms with Gasteiger partial charge < -0.3 is 15.5 Å². The number of anilines is 2. The minimum absolute atomic E-state index is 0.0421. The Balaban J connectivity index is 2.09. The zero-order valence-electron chi connectivity index (χ0n) is 12.1. The monoisotopic (exact) mass is 278 g/mol. The molecular weight excluding hydrogens is 256 g/mol. The summed E-state index contributed by atoms with van der Waals surface area (Å²) < 4.78 is 0. The van der Waals surface area contributed by atoms with Crippen LogP contribution in [0.15, 0.2) is 18.2 Å². The first-order valence-electron chi connectivity index (χ1n) is 7.02. The second kappa shape index (κ2) is 6.09. The number of hydrogen-bond acceptors (Lipinski definition) is 5. The van der Waals surface area contributed by atoms with Crippen molar-refractivity contribution < 1.29 is 4.92 Å². The van der Waals surface area contributed by atoms with E-state index in [1.165, 1.54) is 12.1 Å². The van der Waals surface area contributed by atoms with E-state index >= 15 is 0 Å². The molecule has 110 valence electrons. The largest absolute Gasteiger partial charge is 0.397 e. The Morgan fingerprint density at radius 2 is 2.10 bits per heavy atom. The van der Waals surface area contributed by atoms with Crippen molar-refractivity contribution in [3.8, 4) is 0 Å². The summed E-state index contributed by atoms with van der Waals surface area (Å²) in [7, 11) is 2.02. The molecule has 0 saturated carbocycles. The van der Waals surface area contributed by atoms with Crippen LogP contribution in [0.4, 0.5) is 17.1 Å². The maximum absolute atomic E-state index is 10.7. The molecule has 2 N–H and O–H groups in total. The van der Waals surface area contributed by atoms with Crippen LogP contribution < -0.4 is 10.6 Å². The van der Waals surface area contributed by atoms with Gasteiger partial charge in [-0.3, -0.25) is 10.1 Å². The Hall–Kier alpha value is -1.82. The van der Waals surface area contributed by atoms with Crippen molar-refractivity contribution in [3.05, 3.63) is 28.3 Å². The van der Waals surface area contributed by atoms with E-state index in [0.29, 0.717) is 11.7 Å². The lowest BCUT2D eigenvalue weighted by Crippen LogP contribution is -2.43. The van der Waals surface area contributed by atoms with Crippen LogP contribution in [0.25, 0.3) is 0 Å². The van der Waals surface area contributed by atoms with Crippen molar-refractivity contribution in [2.75, 3.05) is 37.3 Å². The van der Waals surface area contributed by atoms with Gasteiger partial charge in [0, 0.05) is 38.3 Å². The van der Waals surface area contributed by atoms with E-state index in [2.05, 4.69) is 16.7 Å². The van der Waals surface area contributed by atoms with E-state index < -0.39 is 4.92 Å². The van der Waals surface area contributed by atoms with Crippen LogP contribution in [-0.2, 0) is 0 Å². The van der Waals surface area contributed by atoms with Crippen molar-refractivity contribution in [1.82, 2.24) is 4.90 Å². The van der Waals surface area contributed by atoms with Crippen molar-refractivity contribution in [3.63, 3.8) is 0 Å². The van der Waals surface area contributed by atoms with Gasteiger partial charge in [0.25, 0.3) is 5.69 Å². The molecule has 6 nitrogen and oxygen atoms in total. The minimum Gasteiger partial charge on any atom is -0.397 e. The minimum atomic E-state index is -0.417. The summed E-state index contributed by atoms with van der Waals surface area (Å²) in [4.78, 5) is 14.9. The Morgan fingerprint density at radius 3 is 2.60 bits per heavy atom. The standard InChI is InChI=1S/C14H22N4O2/c1-3-17-8-6-11(7-9-17)16(2)14-5-4-12(18(19)20)10-13(14)15/h4-5,10-11H,3,6-9,15H2,1-2H3. The molecule has 0 aromatic heterocycles. The highest BCUT2D eigenvalue weighted by Crippen LogP contribution is 2.30. The number of nitrogens with zero attached hydrogens (tertiary/aromatic N) is 3. The van der Waals surface area contributed by atoms with Crippen molar-refractivity contribution >= 4 is 17.1 Å². The van der Waals surface area contributed by atoms with Gasteiger partial charge in [-0.05, 0) is 25.5 Å². The maximum Gasteiger partial charge on any atom is 0.271 e. The van der Waals surface area contributed by atoms with E-state index in [9.17, 15) is 10.1 Å². The van der Waals surface area contributed by atoms with Crippen LogP contribution in [0.3, 0.4) is 0 Å². The lowest BCUT2D eigenvalue weighted by atomic mass is 10.0. The summed E-state index contributed by atoms with van der Waals surface area (Å²) in [5, 5.41) is 10.7. The second-order valence-corrected chi connectivity index (χ2v) is 5.28. The zero-order chi connectivity index (χ0) is 14.7. The fourth-order valence-corrected chi connectivity index (χ4v) is 2.80. The van der Waals surface area contributed by atoms with Crippen LogP contribution in [-0.4, -0.2) is 42.5 Å².